The van der Waals surface area contributed by atoms with Crippen molar-refractivity contribution in [2.45, 2.75) is 25.4 Å². The Bertz CT molecular complexity index is 1380. The van der Waals surface area contributed by atoms with Gasteiger partial charge in [0.2, 0.25) is 0 Å². The number of hydrogen-bond acceptors (Lipinski definition) is 7. The Kier molecular flexibility index (Phi) is 3.88. The van der Waals surface area contributed by atoms with Gasteiger partial charge in [0.1, 0.15) is 22.5 Å². The fraction of sp³-hybridized carbons (Fsp3) is 0.286. The van der Waals surface area contributed by atoms with Crippen LogP contribution in [-0.2, 0) is 11.2 Å². The molecule has 1 atom stereocenters. The number of fused-ring (bicyclic) bond motifs is 1. The molecule has 1 saturated carbocycles. The molecule has 0 unspecified atom stereocenters. The molecule has 6 rings (SSSR count). The van der Waals surface area contributed by atoms with Gasteiger partial charge in [-0.15, -0.1) is 0 Å². The van der Waals surface area contributed by atoms with Crippen molar-refractivity contribution >= 4 is 43.5 Å². The molecule has 0 spiro atoms. The first kappa shape index (κ1) is 18.4. The summed E-state index contributed by atoms with van der Waals surface area (Å²) in [6.45, 7) is 0.456. The second-order valence-electron chi connectivity index (χ2n) is 7.88. The number of carbonyl (C=O) groups is 1. The van der Waals surface area contributed by atoms with Crippen LogP contribution in [0.15, 0.2) is 24.3 Å². The van der Waals surface area contributed by atoms with Crippen molar-refractivity contribution < 1.29 is 18.7 Å². The number of halogens is 1. The number of benzene rings is 2. The van der Waals surface area contributed by atoms with E-state index in [2.05, 4.69) is 4.98 Å². The molecule has 1 fully saturated rings. The van der Waals surface area contributed by atoms with Crippen LogP contribution in [0.4, 0.5) is 9.52 Å². The Morgan fingerprint density at radius 1 is 1.32 bits per heavy atom. The van der Waals surface area contributed by atoms with Crippen LogP contribution in [0.3, 0.4) is 0 Å². The van der Waals surface area contributed by atoms with Gasteiger partial charge in [-0.2, -0.15) is 5.10 Å². The molecular weight excluding hydrogens is 421 g/mol. The van der Waals surface area contributed by atoms with E-state index in [9.17, 15) is 9.18 Å². The maximum Gasteiger partial charge on any atom is 0.258 e. The summed E-state index contributed by atoms with van der Waals surface area (Å²) in [4.78, 5) is 15.8. The molecule has 2 aromatic heterocycles. The van der Waals surface area contributed by atoms with Crippen molar-refractivity contribution in [2.75, 3.05) is 12.3 Å². The number of aromatic nitrogens is 3. The lowest BCUT2D eigenvalue weighted by molar-refractivity contribution is -0.125. The summed E-state index contributed by atoms with van der Waals surface area (Å²) in [5, 5.41) is 5.88. The molecular formula is C21H18FN5O3S. The summed E-state index contributed by atoms with van der Waals surface area (Å²) in [5.41, 5.74) is 13.7. The number of primary amides is 1. The molecule has 3 heterocycles. The van der Waals surface area contributed by atoms with Crippen molar-refractivity contribution in [1.29, 1.82) is 0 Å². The Morgan fingerprint density at radius 3 is 2.94 bits per heavy atom. The maximum absolute atomic E-state index is 14.7. The zero-order chi connectivity index (χ0) is 21.3. The molecule has 4 aromatic rings. The van der Waals surface area contributed by atoms with E-state index < -0.39 is 17.8 Å². The summed E-state index contributed by atoms with van der Waals surface area (Å²) in [6.07, 6.45) is 1.81. The average molecular weight is 439 g/mol. The number of ether oxygens (including phenoxy) is 2. The van der Waals surface area contributed by atoms with Crippen molar-refractivity contribution in [3.63, 3.8) is 0 Å². The first-order chi connectivity index (χ1) is 15.0. The topological polar surface area (TPSA) is 118 Å². The van der Waals surface area contributed by atoms with Crippen LogP contribution in [0.1, 0.15) is 18.5 Å². The van der Waals surface area contributed by atoms with Gasteiger partial charge in [-0.3, -0.25) is 4.79 Å². The molecule has 10 heteroatoms. The zero-order valence-corrected chi connectivity index (χ0v) is 17.1. The number of amides is 1. The Morgan fingerprint density at radius 2 is 2.16 bits per heavy atom. The summed E-state index contributed by atoms with van der Waals surface area (Å²) in [6, 6.07) is 6.78. The van der Waals surface area contributed by atoms with Crippen LogP contribution >= 0.6 is 11.3 Å². The molecule has 1 amide bonds. The fourth-order valence-electron chi connectivity index (χ4n) is 4.15. The standard InChI is InChI=1S/C21H18FN5O3S/c22-12-5-10(6-16-18(12)25-21(24)31-16)27-14-3-4-29-15-8-11(7-13(26-27)17(14)15)30-19(20(23)28)9-1-2-9/h5-9,19H,1-4H2,(H2,23,28)(H2,24,25)/t19-/m0/s1. The summed E-state index contributed by atoms with van der Waals surface area (Å²) < 4.78 is 28.8. The Balaban J connectivity index is 1.48. The van der Waals surface area contributed by atoms with Crippen molar-refractivity contribution in [3.05, 3.63) is 35.8 Å². The van der Waals surface area contributed by atoms with Crippen molar-refractivity contribution in [3.8, 4) is 17.2 Å². The first-order valence-electron chi connectivity index (χ1n) is 9.98. The van der Waals surface area contributed by atoms with Crippen LogP contribution < -0.4 is 20.9 Å². The second kappa shape index (κ2) is 6.55. The summed E-state index contributed by atoms with van der Waals surface area (Å²) >= 11 is 1.23. The van der Waals surface area contributed by atoms with E-state index >= 15 is 0 Å². The molecule has 0 bridgehead atoms. The highest BCUT2D eigenvalue weighted by Gasteiger charge is 2.37. The lowest BCUT2D eigenvalue weighted by Crippen LogP contribution is -2.35. The molecule has 1 aliphatic carbocycles. The van der Waals surface area contributed by atoms with Gasteiger partial charge in [0.25, 0.3) is 5.91 Å². The molecule has 2 aromatic carbocycles. The van der Waals surface area contributed by atoms with E-state index in [-0.39, 0.29) is 11.4 Å². The van der Waals surface area contributed by atoms with Gasteiger partial charge in [0.05, 0.1) is 28.1 Å². The summed E-state index contributed by atoms with van der Waals surface area (Å²) in [5.74, 6) is 0.337. The van der Waals surface area contributed by atoms with Crippen LogP contribution in [-0.4, -0.2) is 33.4 Å². The minimum atomic E-state index is -0.664. The Labute approximate surface area is 179 Å². The van der Waals surface area contributed by atoms with Crippen molar-refractivity contribution in [2.24, 2.45) is 11.7 Å². The fourth-order valence-corrected chi connectivity index (χ4v) is 4.93. The van der Waals surface area contributed by atoms with E-state index in [1.54, 1.807) is 16.8 Å². The lowest BCUT2D eigenvalue weighted by Gasteiger charge is -2.19. The van der Waals surface area contributed by atoms with Gasteiger partial charge in [-0.25, -0.2) is 14.1 Å². The number of rotatable bonds is 5. The largest absolute Gasteiger partial charge is 0.492 e. The monoisotopic (exact) mass is 439 g/mol. The van der Waals surface area contributed by atoms with Crippen LogP contribution in [0, 0.1) is 11.7 Å². The number of nitrogens with two attached hydrogens (primary N) is 2. The third kappa shape index (κ3) is 2.97. The third-order valence-corrected chi connectivity index (χ3v) is 6.52. The summed E-state index contributed by atoms with van der Waals surface area (Å²) in [7, 11) is 0. The van der Waals surface area contributed by atoms with Crippen LogP contribution in [0.5, 0.6) is 11.5 Å². The molecule has 158 valence electrons. The predicted molar refractivity (Wildman–Crippen MR) is 114 cm³/mol. The zero-order valence-electron chi connectivity index (χ0n) is 16.3. The molecule has 2 aliphatic rings. The van der Waals surface area contributed by atoms with Crippen LogP contribution in [0.25, 0.3) is 26.8 Å². The van der Waals surface area contributed by atoms with E-state index in [4.69, 9.17) is 26.0 Å². The quantitative estimate of drug-likeness (QED) is 0.494. The van der Waals surface area contributed by atoms with Gasteiger partial charge in [0.15, 0.2) is 17.1 Å². The van der Waals surface area contributed by atoms with E-state index in [0.717, 1.165) is 23.9 Å². The van der Waals surface area contributed by atoms with E-state index in [1.807, 2.05) is 6.07 Å². The van der Waals surface area contributed by atoms with Gasteiger partial charge < -0.3 is 20.9 Å². The number of nitrogens with zero attached hydrogens (tertiary/aromatic N) is 3. The predicted octanol–water partition coefficient (Wildman–Crippen LogP) is 2.93. The normalized spacial score (nSPS) is 16.4. The number of hydrogen-bond donors (Lipinski definition) is 2. The lowest BCUT2D eigenvalue weighted by atomic mass is 10.1. The first-order valence-corrected chi connectivity index (χ1v) is 10.8. The number of carbonyl (C=O) groups excluding carboxylic acids is 1. The smallest absolute Gasteiger partial charge is 0.258 e. The highest BCUT2D eigenvalue weighted by atomic mass is 32.1. The molecule has 4 N–H and O–H groups in total. The van der Waals surface area contributed by atoms with Gasteiger partial charge in [-0.05, 0) is 18.9 Å². The maximum atomic E-state index is 14.7. The Hall–Kier alpha value is -3.40. The minimum Gasteiger partial charge on any atom is -0.492 e. The molecule has 8 nitrogen and oxygen atoms in total. The number of thiazole rings is 1. The molecule has 0 radical (unpaired) electrons. The molecule has 0 saturated heterocycles. The van der Waals surface area contributed by atoms with Gasteiger partial charge in [-0.1, -0.05) is 11.3 Å². The van der Waals surface area contributed by atoms with Gasteiger partial charge >= 0.3 is 0 Å². The van der Waals surface area contributed by atoms with Crippen molar-refractivity contribution in [1.82, 2.24) is 14.8 Å². The highest BCUT2D eigenvalue weighted by molar-refractivity contribution is 7.22. The SMILES string of the molecule is NC(=O)[C@@H](Oc1cc2c3c(n(-c4cc(F)c5nc(N)sc5c4)nc3c1)CCO2)C1CC1. The average Bonchev–Trinajstić information content (AvgIpc) is 3.39. The molecule has 1 aliphatic heterocycles. The van der Waals surface area contributed by atoms with E-state index in [1.165, 1.54) is 17.4 Å². The van der Waals surface area contributed by atoms with Gasteiger partial charge in [0, 0.05) is 30.5 Å². The number of nitrogen functional groups attached to an aromatic ring is 1. The third-order valence-electron chi connectivity index (χ3n) is 5.69. The van der Waals surface area contributed by atoms with Crippen LogP contribution in [0.2, 0.25) is 0 Å². The van der Waals surface area contributed by atoms with E-state index in [0.29, 0.717) is 45.6 Å². The second-order valence-corrected chi connectivity index (χ2v) is 8.94. The molecule has 31 heavy (non-hydrogen) atoms. The number of anilines is 1. The highest BCUT2D eigenvalue weighted by Crippen LogP contribution is 2.40. The minimum absolute atomic E-state index is 0.153.